The van der Waals surface area contributed by atoms with Crippen molar-refractivity contribution in [3.8, 4) is 0 Å². The van der Waals surface area contributed by atoms with Crippen molar-refractivity contribution in [2.45, 2.75) is 45.6 Å². The van der Waals surface area contributed by atoms with Gasteiger partial charge in [0.1, 0.15) is 4.88 Å². The fourth-order valence-electron chi connectivity index (χ4n) is 3.70. The van der Waals surface area contributed by atoms with Gasteiger partial charge < -0.3 is 4.90 Å². The number of fused-ring (bicyclic) bond motifs is 1. The average molecular weight is 359 g/mol. The Labute approximate surface area is 149 Å². The van der Waals surface area contributed by atoms with Crippen LogP contribution in [0.5, 0.6) is 0 Å². The van der Waals surface area contributed by atoms with Gasteiger partial charge in [0.05, 0.1) is 11.4 Å². The summed E-state index contributed by atoms with van der Waals surface area (Å²) in [6.07, 6.45) is 4.83. The van der Waals surface area contributed by atoms with E-state index in [9.17, 15) is 9.59 Å². The number of rotatable bonds is 3. The summed E-state index contributed by atoms with van der Waals surface area (Å²) in [6, 6.07) is 1.76. The Morgan fingerprint density at radius 1 is 1.32 bits per heavy atom. The van der Waals surface area contributed by atoms with Crippen LogP contribution in [0.4, 0.5) is 0 Å². The minimum Gasteiger partial charge on any atom is -0.338 e. The molecule has 0 radical (unpaired) electrons. The maximum atomic E-state index is 12.5. The highest BCUT2D eigenvalue weighted by molar-refractivity contribution is 7.07. The van der Waals surface area contributed by atoms with Crippen molar-refractivity contribution in [1.82, 2.24) is 24.3 Å². The molecule has 8 heteroatoms. The number of hydrogen-bond donors (Lipinski definition) is 0. The van der Waals surface area contributed by atoms with Gasteiger partial charge in [-0.2, -0.15) is 5.10 Å². The number of carbonyl (C=O) groups is 1. The van der Waals surface area contributed by atoms with Gasteiger partial charge in [-0.25, -0.2) is 4.68 Å². The van der Waals surface area contributed by atoms with E-state index < -0.39 is 0 Å². The summed E-state index contributed by atoms with van der Waals surface area (Å²) in [5.41, 5.74) is 2.91. The van der Waals surface area contributed by atoms with E-state index >= 15 is 0 Å². The number of carbonyl (C=O) groups excluding carboxylic acids is 1. The van der Waals surface area contributed by atoms with E-state index in [1.54, 1.807) is 10.7 Å². The maximum Gasteiger partial charge on any atom is 0.267 e. The van der Waals surface area contributed by atoms with Crippen LogP contribution in [-0.2, 0) is 19.4 Å². The van der Waals surface area contributed by atoms with E-state index in [1.165, 1.54) is 0 Å². The maximum absolute atomic E-state index is 12.5. The first-order valence-corrected chi connectivity index (χ1v) is 9.57. The first kappa shape index (κ1) is 16.4. The molecule has 0 aromatic carbocycles. The van der Waals surface area contributed by atoms with Gasteiger partial charge in [-0.3, -0.25) is 9.59 Å². The molecule has 4 rings (SSSR count). The molecule has 2 aromatic heterocycles. The summed E-state index contributed by atoms with van der Waals surface area (Å²) in [4.78, 5) is 27.3. The number of aromatic nitrogens is 4. The molecule has 2 aliphatic rings. The third-order valence-corrected chi connectivity index (χ3v) is 6.02. The Kier molecular flexibility index (Phi) is 4.37. The van der Waals surface area contributed by atoms with Crippen LogP contribution < -0.4 is 5.56 Å². The Morgan fingerprint density at radius 3 is 2.84 bits per heavy atom. The second-order valence-corrected chi connectivity index (χ2v) is 7.67. The van der Waals surface area contributed by atoms with Crippen LogP contribution in [0.2, 0.25) is 0 Å². The van der Waals surface area contributed by atoms with Crippen LogP contribution >= 0.6 is 11.5 Å². The van der Waals surface area contributed by atoms with E-state index in [-0.39, 0.29) is 11.5 Å². The summed E-state index contributed by atoms with van der Waals surface area (Å²) in [7, 11) is 0. The summed E-state index contributed by atoms with van der Waals surface area (Å²) < 4.78 is 5.47. The second-order valence-electron chi connectivity index (χ2n) is 6.91. The molecule has 1 aliphatic heterocycles. The summed E-state index contributed by atoms with van der Waals surface area (Å²) in [5, 5.41) is 8.48. The molecule has 0 saturated carbocycles. The van der Waals surface area contributed by atoms with Gasteiger partial charge in [0.2, 0.25) is 0 Å². The molecule has 0 unspecified atom stereocenters. The van der Waals surface area contributed by atoms with Crippen LogP contribution in [0.25, 0.3) is 0 Å². The summed E-state index contributed by atoms with van der Waals surface area (Å²) >= 11 is 1.16. The molecular formula is C17H21N5O2S. The first-order chi connectivity index (χ1) is 12.1. The quantitative estimate of drug-likeness (QED) is 0.828. The molecule has 0 atom stereocenters. The van der Waals surface area contributed by atoms with Gasteiger partial charge in [0.25, 0.3) is 11.5 Å². The van der Waals surface area contributed by atoms with Crippen LogP contribution in [0.15, 0.2) is 10.9 Å². The SMILES string of the molecule is Cc1nnsc1C(=O)N1CCC(Cn2nc3c(cc2=O)CCC3)CC1. The van der Waals surface area contributed by atoms with Crippen molar-refractivity contribution in [3.05, 3.63) is 38.2 Å². The van der Waals surface area contributed by atoms with Crippen LogP contribution in [0, 0.1) is 12.8 Å². The zero-order valence-corrected chi connectivity index (χ0v) is 15.1. The van der Waals surface area contributed by atoms with Crippen molar-refractivity contribution in [2.24, 2.45) is 5.92 Å². The van der Waals surface area contributed by atoms with Gasteiger partial charge in [-0.05, 0) is 62.0 Å². The molecular weight excluding hydrogens is 338 g/mol. The van der Waals surface area contributed by atoms with E-state index in [4.69, 9.17) is 0 Å². The molecule has 1 fully saturated rings. The molecule has 25 heavy (non-hydrogen) atoms. The largest absolute Gasteiger partial charge is 0.338 e. The smallest absolute Gasteiger partial charge is 0.267 e. The zero-order chi connectivity index (χ0) is 17.4. The normalized spacial score (nSPS) is 17.7. The van der Waals surface area contributed by atoms with Crippen molar-refractivity contribution in [3.63, 3.8) is 0 Å². The second kappa shape index (κ2) is 6.67. The fourth-order valence-corrected chi connectivity index (χ4v) is 4.33. The molecule has 1 amide bonds. The molecule has 1 saturated heterocycles. The van der Waals surface area contributed by atoms with Gasteiger partial charge in [-0.15, -0.1) is 5.10 Å². The van der Waals surface area contributed by atoms with Crippen LogP contribution in [0.1, 0.15) is 45.9 Å². The third-order valence-electron chi connectivity index (χ3n) is 5.20. The average Bonchev–Trinajstić information content (AvgIpc) is 3.23. The van der Waals surface area contributed by atoms with Gasteiger partial charge in [0, 0.05) is 25.7 Å². The number of piperidine rings is 1. The van der Waals surface area contributed by atoms with Gasteiger partial charge >= 0.3 is 0 Å². The molecule has 0 bridgehead atoms. The fraction of sp³-hybridized carbons (Fsp3) is 0.588. The van der Waals surface area contributed by atoms with Crippen molar-refractivity contribution in [2.75, 3.05) is 13.1 Å². The van der Waals surface area contributed by atoms with Crippen molar-refractivity contribution < 1.29 is 4.79 Å². The summed E-state index contributed by atoms with van der Waals surface area (Å²) in [6.45, 7) is 3.88. The zero-order valence-electron chi connectivity index (χ0n) is 14.3. The van der Waals surface area contributed by atoms with Gasteiger partial charge in [0.15, 0.2) is 0 Å². The number of aryl methyl sites for hydroxylation is 3. The number of amides is 1. The van der Waals surface area contributed by atoms with Crippen LogP contribution in [-0.4, -0.2) is 43.3 Å². The third kappa shape index (κ3) is 3.22. The van der Waals surface area contributed by atoms with Crippen molar-refractivity contribution in [1.29, 1.82) is 0 Å². The molecule has 1 aliphatic carbocycles. The lowest BCUT2D eigenvalue weighted by Crippen LogP contribution is -2.40. The van der Waals surface area contributed by atoms with E-state index in [0.29, 0.717) is 36.1 Å². The molecule has 132 valence electrons. The van der Waals surface area contributed by atoms with Crippen molar-refractivity contribution >= 4 is 17.4 Å². The molecule has 3 heterocycles. The lowest BCUT2D eigenvalue weighted by molar-refractivity contribution is 0.0684. The molecule has 0 spiro atoms. The molecule has 2 aromatic rings. The number of likely N-dealkylation sites (tertiary alicyclic amines) is 1. The Morgan fingerprint density at radius 2 is 2.12 bits per heavy atom. The first-order valence-electron chi connectivity index (χ1n) is 8.80. The highest BCUT2D eigenvalue weighted by Gasteiger charge is 2.27. The monoisotopic (exact) mass is 359 g/mol. The lowest BCUT2D eigenvalue weighted by atomic mass is 9.96. The predicted octanol–water partition coefficient (Wildman–Crippen LogP) is 1.44. The van der Waals surface area contributed by atoms with E-state index in [0.717, 1.165) is 54.9 Å². The predicted molar refractivity (Wildman–Crippen MR) is 93.8 cm³/mol. The Bertz CT molecular complexity index is 851. The molecule has 0 N–H and O–H groups in total. The van der Waals surface area contributed by atoms with Crippen LogP contribution in [0.3, 0.4) is 0 Å². The number of hydrogen-bond acceptors (Lipinski definition) is 6. The Hall–Kier alpha value is -2.09. The van der Waals surface area contributed by atoms with Gasteiger partial charge in [-0.1, -0.05) is 4.49 Å². The van der Waals surface area contributed by atoms with E-state index in [1.807, 2.05) is 11.8 Å². The molecule has 7 nitrogen and oxygen atoms in total. The highest BCUT2D eigenvalue weighted by Crippen LogP contribution is 2.22. The topological polar surface area (TPSA) is 81.0 Å². The highest BCUT2D eigenvalue weighted by atomic mass is 32.1. The number of nitrogens with zero attached hydrogens (tertiary/aromatic N) is 5. The summed E-state index contributed by atoms with van der Waals surface area (Å²) in [5.74, 6) is 0.410. The minimum absolute atomic E-state index is 0.00511. The minimum atomic E-state index is 0.00511. The lowest BCUT2D eigenvalue weighted by Gasteiger charge is -2.31. The Balaban J connectivity index is 1.39. The van der Waals surface area contributed by atoms with E-state index in [2.05, 4.69) is 14.7 Å². The standard InChI is InChI=1S/C17H21N5O2S/c1-11-16(25-20-18-11)17(24)21-7-5-12(6-8-21)10-22-15(23)9-13-3-2-4-14(13)19-22/h9,12H,2-8,10H2,1H3.